The summed E-state index contributed by atoms with van der Waals surface area (Å²) in [4.78, 5) is 12.2. The molecule has 0 saturated carbocycles. The summed E-state index contributed by atoms with van der Waals surface area (Å²) in [5.41, 5.74) is 0.949. The molecule has 3 rings (SSSR count). The van der Waals surface area contributed by atoms with Crippen LogP contribution in [0.4, 0.5) is 0 Å². The van der Waals surface area contributed by atoms with Gasteiger partial charge in [-0.15, -0.1) is 10.2 Å². The van der Waals surface area contributed by atoms with Crippen LogP contribution in [0.15, 0.2) is 27.8 Å². The standard InChI is InChI=1S/C16H19N3O4S/c1-9(2)15-18-19-16(23-15)24-10(3)14(20)17-7-11-4-5-12-13(6-11)22-8-21-12/h4-6,9-10H,7-8H2,1-3H3,(H,17,20). The molecule has 0 saturated heterocycles. The molecule has 0 fully saturated rings. The number of amides is 1. The van der Waals surface area contributed by atoms with Gasteiger partial charge in [-0.25, -0.2) is 0 Å². The Morgan fingerprint density at radius 1 is 1.25 bits per heavy atom. The monoisotopic (exact) mass is 349 g/mol. The second kappa shape index (κ2) is 7.12. The Bertz CT molecular complexity index is 732. The molecule has 0 radical (unpaired) electrons. The van der Waals surface area contributed by atoms with Crippen molar-refractivity contribution in [1.29, 1.82) is 0 Å². The first kappa shape index (κ1) is 16.6. The van der Waals surface area contributed by atoms with Crippen LogP contribution in [0.3, 0.4) is 0 Å². The number of rotatable bonds is 6. The Hall–Kier alpha value is -2.22. The van der Waals surface area contributed by atoms with E-state index in [1.807, 2.05) is 32.0 Å². The van der Waals surface area contributed by atoms with E-state index in [0.29, 0.717) is 23.4 Å². The van der Waals surface area contributed by atoms with Gasteiger partial charge in [-0.1, -0.05) is 31.7 Å². The zero-order valence-electron chi connectivity index (χ0n) is 13.7. The number of fused-ring (bicyclic) bond motifs is 1. The Morgan fingerprint density at radius 3 is 2.79 bits per heavy atom. The lowest BCUT2D eigenvalue weighted by Gasteiger charge is -2.10. The van der Waals surface area contributed by atoms with Gasteiger partial charge in [0.25, 0.3) is 5.22 Å². The van der Waals surface area contributed by atoms with E-state index in [1.165, 1.54) is 11.8 Å². The predicted octanol–water partition coefficient (Wildman–Crippen LogP) is 2.72. The van der Waals surface area contributed by atoms with E-state index < -0.39 is 0 Å². The molecule has 1 unspecified atom stereocenters. The summed E-state index contributed by atoms with van der Waals surface area (Å²) in [5, 5.41) is 10.9. The highest BCUT2D eigenvalue weighted by atomic mass is 32.2. The number of ether oxygens (including phenoxy) is 2. The number of nitrogens with zero attached hydrogens (tertiary/aromatic N) is 2. The van der Waals surface area contributed by atoms with Gasteiger partial charge in [0.2, 0.25) is 18.6 Å². The molecule has 0 spiro atoms. The first-order valence-electron chi connectivity index (χ1n) is 7.69. The number of thioether (sulfide) groups is 1. The highest BCUT2D eigenvalue weighted by Gasteiger charge is 2.19. The van der Waals surface area contributed by atoms with Crippen molar-refractivity contribution >= 4 is 17.7 Å². The molecule has 1 N–H and O–H groups in total. The highest BCUT2D eigenvalue weighted by molar-refractivity contribution is 8.00. The minimum Gasteiger partial charge on any atom is -0.454 e. The second-order valence-electron chi connectivity index (χ2n) is 5.73. The lowest BCUT2D eigenvalue weighted by Crippen LogP contribution is -2.30. The van der Waals surface area contributed by atoms with Crippen molar-refractivity contribution in [2.24, 2.45) is 0 Å². The molecule has 0 aliphatic carbocycles. The second-order valence-corrected chi connectivity index (χ2v) is 7.02. The fourth-order valence-electron chi connectivity index (χ4n) is 2.09. The third-order valence-corrected chi connectivity index (χ3v) is 4.40. The van der Waals surface area contributed by atoms with Crippen molar-refractivity contribution < 1.29 is 18.7 Å². The van der Waals surface area contributed by atoms with Crippen LogP contribution in [0.1, 0.15) is 38.1 Å². The van der Waals surface area contributed by atoms with Crippen molar-refractivity contribution in [2.45, 2.75) is 43.7 Å². The van der Waals surface area contributed by atoms with Crippen molar-refractivity contribution in [2.75, 3.05) is 6.79 Å². The molecule has 2 heterocycles. The highest BCUT2D eigenvalue weighted by Crippen LogP contribution is 2.32. The van der Waals surface area contributed by atoms with Gasteiger partial charge in [-0.3, -0.25) is 4.79 Å². The Labute approximate surface area is 144 Å². The number of hydrogen-bond donors (Lipinski definition) is 1. The number of aromatic nitrogens is 2. The van der Waals surface area contributed by atoms with Crippen LogP contribution >= 0.6 is 11.8 Å². The fraction of sp³-hybridized carbons (Fsp3) is 0.438. The third kappa shape index (κ3) is 3.81. The molecule has 1 aromatic carbocycles. The quantitative estimate of drug-likeness (QED) is 0.802. The zero-order chi connectivity index (χ0) is 17.1. The minimum absolute atomic E-state index is 0.0954. The van der Waals surface area contributed by atoms with E-state index in [9.17, 15) is 4.79 Å². The van der Waals surface area contributed by atoms with Gasteiger partial charge in [0.1, 0.15) is 0 Å². The molecule has 1 aliphatic rings. The number of carbonyl (C=O) groups excluding carboxylic acids is 1. The van der Waals surface area contributed by atoms with Gasteiger partial charge in [0, 0.05) is 12.5 Å². The van der Waals surface area contributed by atoms with Crippen LogP contribution in [0, 0.1) is 0 Å². The first-order valence-corrected chi connectivity index (χ1v) is 8.57. The summed E-state index contributed by atoms with van der Waals surface area (Å²) in [7, 11) is 0. The summed E-state index contributed by atoms with van der Waals surface area (Å²) >= 11 is 1.25. The summed E-state index contributed by atoms with van der Waals surface area (Å²) in [6.07, 6.45) is 0. The van der Waals surface area contributed by atoms with Gasteiger partial charge in [0.05, 0.1) is 5.25 Å². The molecule has 7 nitrogen and oxygen atoms in total. The number of hydrogen-bond acceptors (Lipinski definition) is 7. The van der Waals surface area contributed by atoms with E-state index in [1.54, 1.807) is 6.92 Å². The van der Waals surface area contributed by atoms with Crippen molar-refractivity contribution in [1.82, 2.24) is 15.5 Å². The van der Waals surface area contributed by atoms with E-state index in [0.717, 1.165) is 11.3 Å². The van der Waals surface area contributed by atoms with Crippen LogP contribution < -0.4 is 14.8 Å². The van der Waals surface area contributed by atoms with Gasteiger partial charge in [-0.2, -0.15) is 0 Å². The minimum atomic E-state index is -0.334. The van der Waals surface area contributed by atoms with E-state index in [-0.39, 0.29) is 23.9 Å². The lowest BCUT2D eigenvalue weighted by molar-refractivity contribution is -0.120. The molecule has 0 bridgehead atoms. The first-order chi connectivity index (χ1) is 11.5. The van der Waals surface area contributed by atoms with E-state index in [4.69, 9.17) is 13.9 Å². The fourth-order valence-corrected chi connectivity index (χ4v) is 2.80. The Kier molecular flexibility index (Phi) is 4.94. The Morgan fingerprint density at radius 2 is 2.04 bits per heavy atom. The molecule has 1 aromatic heterocycles. The average molecular weight is 349 g/mol. The van der Waals surface area contributed by atoms with E-state index in [2.05, 4.69) is 15.5 Å². The zero-order valence-corrected chi connectivity index (χ0v) is 14.6. The molecule has 24 heavy (non-hydrogen) atoms. The van der Waals surface area contributed by atoms with Crippen LogP contribution in [0.2, 0.25) is 0 Å². The van der Waals surface area contributed by atoms with Crippen LogP contribution in [0.5, 0.6) is 11.5 Å². The summed E-state index contributed by atoms with van der Waals surface area (Å²) in [6, 6.07) is 5.61. The summed E-state index contributed by atoms with van der Waals surface area (Å²) in [5.74, 6) is 2.08. The molecular formula is C16H19N3O4S. The SMILES string of the molecule is CC(Sc1nnc(C(C)C)o1)C(=O)NCc1ccc2c(c1)OCO2. The number of benzene rings is 1. The topological polar surface area (TPSA) is 86.5 Å². The van der Waals surface area contributed by atoms with Crippen LogP contribution in [0.25, 0.3) is 0 Å². The van der Waals surface area contributed by atoms with Gasteiger partial charge >= 0.3 is 0 Å². The molecule has 2 aromatic rings. The lowest BCUT2D eigenvalue weighted by atomic mass is 10.2. The summed E-state index contributed by atoms with van der Waals surface area (Å²) < 4.78 is 16.1. The van der Waals surface area contributed by atoms with Crippen LogP contribution in [-0.4, -0.2) is 28.1 Å². The maximum atomic E-state index is 12.2. The maximum Gasteiger partial charge on any atom is 0.277 e. The molecule has 8 heteroatoms. The molecular weight excluding hydrogens is 330 g/mol. The van der Waals surface area contributed by atoms with Gasteiger partial charge < -0.3 is 19.2 Å². The van der Waals surface area contributed by atoms with Crippen molar-refractivity contribution in [3.63, 3.8) is 0 Å². The van der Waals surface area contributed by atoms with Crippen LogP contribution in [-0.2, 0) is 11.3 Å². The maximum absolute atomic E-state index is 12.2. The van der Waals surface area contributed by atoms with E-state index >= 15 is 0 Å². The van der Waals surface area contributed by atoms with Crippen molar-refractivity contribution in [3.05, 3.63) is 29.7 Å². The summed E-state index contributed by atoms with van der Waals surface area (Å²) in [6.45, 7) is 6.41. The molecule has 128 valence electrons. The van der Waals surface area contributed by atoms with Gasteiger partial charge in [-0.05, 0) is 24.6 Å². The smallest absolute Gasteiger partial charge is 0.277 e. The molecule has 1 aliphatic heterocycles. The Balaban J connectivity index is 1.52. The average Bonchev–Trinajstić information content (AvgIpc) is 3.20. The number of nitrogens with one attached hydrogen (secondary N) is 1. The van der Waals surface area contributed by atoms with Gasteiger partial charge in [0.15, 0.2) is 11.5 Å². The predicted molar refractivity (Wildman–Crippen MR) is 88.1 cm³/mol. The molecule has 1 atom stereocenters. The largest absolute Gasteiger partial charge is 0.454 e. The normalized spacial score (nSPS) is 14.0. The van der Waals surface area contributed by atoms with Crippen molar-refractivity contribution in [3.8, 4) is 11.5 Å². The molecule has 1 amide bonds. The number of carbonyl (C=O) groups is 1. The third-order valence-electron chi connectivity index (χ3n) is 3.47.